The van der Waals surface area contributed by atoms with Gasteiger partial charge in [-0.1, -0.05) is 156 Å². The molecule has 6 aromatic rings. The van der Waals surface area contributed by atoms with Gasteiger partial charge in [-0.25, -0.2) is 0 Å². The van der Waals surface area contributed by atoms with Crippen LogP contribution in [0.25, 0.3) is 0 Å². The van der Waals surface area contributed by atoms with E-state index in [-0.39, 0.29) is 45.5 Å². The predicted molar refractivity (Wildman–Crippen MR) is 166 cm³/mol. The number of hydrogen-bond acceptors (Lipinski definition) is 2. The molecule has 0 radical (unpaired) electrons. The zero-order chi connectivity index (χ0) is 26.7. The van der Waals surface area contributed by atoms with Gasteiger partial charge in [0.2, 0.25) is 0 Å². The fraction of sp³-hybridized carbons (Fsp3) is 0. The zero-order valence-electron chi connectivity index (χ0n) is 22.5. The second-order valence-electron chi connectivity index (χ2n) is 9.67. The SMILES string of the molecule is [Sr+2].c1ccc([C-]2c3ccccc3Oc3ccccc32)cc1.c1ccc([C-]2c3ccccc3Oc3ccccc32)cc1. The summed E-state index contributed by atoms with van der Waals surface area (Å²) in [4.78, 5) is 0. The van der Waals surface area contributed by atoms with Gasteiger partial charge in [0.1, 0.15) is 0 Å². The van der Waals surface area contributed by atoms with E-state index in [1.165, 1.54) is 23.0 Å². The van der Waals surface area contributed by atoms with Crippen LogP contribution in [0.2, 0.25) is 0 Å². The molecule has 41 heavy (non-hydrogen) atoms. The summed E-state index contributed by atoms with van der Waals surface area (Å²) in [6.45, 7) is 0. The van der Waals surface area contributed by atoms with E-state index < -0.39 is 0 Å². The first-order chi connectivity index (χ1) is 19.9. The van der Waals surface area contributed by atoms with Crippen LogP contribution >= 0.6 is 0 Å². The molecule has 2 aliphatic heterocycles. The molecular weight excluding hydrogens is 576 g/mol. The molecule has 0 aliphatic carbocycles. The summed E-state index contributed by atoms with van der Waals surface area (Å²) in [6, 6.07) is 53.8. The maximum absolute atomic E-state index is 6.01. The summed E-state index contributed by atoms with van der Waals surface area (Å²) in [7, 11) is 0. The Kier molecular flexibility index (Phi) is 8.22. The molecule has 0 spiro atoms. The first kappa shape index (κ1) is 27.3. The molecule has 0 fully saturated rings. The van der Waals surface area contributed by atoms with E-state index in [1.54, 1.807) is 0 Å². The summed E-state index contributed by atoms with van der Waals surface area (Å²) in [6.07, 6.45) is 0. The number of fused-ring (bicyclic) bond motifs is 4. The smallest absolute Gasteiger partial charge is 0.506 e. The van der Waals surface area contributed by atoms with Gasteiger partial charge < -0.3 is 9.47 Å². The van der Waals surface area contributed by atoms with E-state index >= 15 is 0 Å². The van der Waals surface area contributed by atoms with Crippen LogP contribution in [0.3, 0.4) is 0 Å². The van der Waals surface area contributed by atoms with E-state index in [0.717, 1.165) is 45.3 Å². The second kappa shape index (κ2) is 12.3. The van der Waals surface area contributed by atoms with Crippen molar-refractivity contribution < 1.29 is 9.47 Å². The van der Waals surface area contributed by atoms with Gasteiger partial charge in [0, 0.05) is 0 Å². The molecule has 8 rings (SSSR count). The van der Waals surface area contributed by atoms with Crippen LogP contribution in [0, 0.1) is 11.8 Å². The summed E-state index contributed by atoms with van der Waals surface area (Å²) in [5.74, 6) is 6.16. The minimum absolute atomic E-state index is 0. The number of rotatable bonds is 2. The van der Waals surface area contributed by atoms with Crippen molar-refractivity contribution >= 4 is 45.5 Å². The van der Waals surface area contributed by atoms with Crippen LogP contribution in [0.5, 0.6) is 23.0 Å². The molecule has 2 heterocycles. The molecule has 0 bridgehead atoms. The summed E-state index contributed by atoms with van der Waals surface area (Å²) >= 11 is 0. The van der Waals surface area contributed by atoms with E-state index in [9.17, 15) is 0 Å². The van der Waals surface area contributed by atoms with E-state index in [0.29, 0.717) is 0 Å². The van der Waals surface area contributed by atoms with Gasteiger partial charge in [-0.05, 0) is 46.5 Å². The van der Waals surface area contributed by atoms with Crippen molar-refractivity contribution in [3.63, 3.8) is 0 Å². The quantitative estimate of drug-likeness (QED) is 0.145. The Balaban J connectivity index is 0.000000144. The molecule has 2 nitrogen and oxygen atoms in total. The van der Waals surface area contributed by atoms with Crippen LogP contribution in [0.1, 0.15) is 33.4 Å². The van der Waals surface area contributed by atoms with Crippen LogP contribution in [0.15, 0.2) is 158 Å². The van der Waals surface area contributed by atoms with Crippen molar-refractivity contribution in [1.29, 1.82) is 0 Å². The van der Waals surface area contributed by atoms with Crippen LogP contribution in [-0.2, 0) is 0 Å². The van der Waals surface area contributed by atoms with Crippen molar-refractivity contribution in [2.24, 2.45) is 0 Å². The van der Waals surface area contributed by atoms with Gasteiger partial charge in [0.05, 0.1) is 23.0 Å². The molecule has 0 atom stereocenters. The molecule has 0 unspecified atom stereocenters. The fourth-order valence-corrected chi connectivity index (χ4v) is 5.41. The van der Waals surface area contributed by atoms with Gasteiger partial charge in [-0.3, -0.25) is 0 Å². The first-order valence-corrected chi connectivity index (χ1v) is 13.4. The van der Waals surface area contributed by atoms with Gasteiger partial charge in [0.15, 0.2) is 0 Å². The third-order valence-corrected chi connectivity index (χ3v) is 7.19. The first-order valence-electron chi connectivity index (χ1n) is 13.4. The van der Waals surface area contributed by atoms with Crippen molar-refractivity contribution in [3.8, 4) is 23.0 Å². The molecule has 6 aromatic carbocycles. The molecule has 0 saturated heterocycles. The van der Waals surface area contributed by atoms with Crippen LogP contribution in [0.4, 0.5) is 0 Å². The Bertz CT molecular complexity index is 1540. The zero-order valence-corrected chi connectivity index (χ0v) is 26.0. The van der Waals surface area contributed by atoms with Crippen molar-refractivity contribution in [3.05, 3.63) is 203 Å². The van der Waals surface area contributed by atoms with E-state index in [1.807, 2.05) is 60.7 Å². The molecule has 0 N–H and O–H groups in total. The van der Waals surface area contributed by atoms with Gasteiger partial charge in [-0.15, -0.1) is 0 Å². The standard InChI is InChI=1S/2C19H13O.Sr/c2*1-2-8-14(9-3-1)19-15-10-4-6-12-17(15)20-18-13-7-5-11-16(18)19;/h2*1-13H;/q2*-1;+2. The Morgan fingerprint density at radius 2 is 0.537 bits per heavy atom. The Morgan fingerprint density at radius 1 is 0.293 bits per heavy atom. The molecule has 0 aromatic heterocycles. The third kappa shape index (κ3) is 5.42. The number of hydrogen-bond donors (Lipinski definition) is 0. The van der Waals surface area contributed by atoms with E-state index in [2.05, 4.69) is 97.1 Å². The van der Waals surface area contributed by atoms with Crippen molar-refractivity contribution in [1.82, 2.24) is 0 Å². The summed E-state index contributed by atoms with van der Waals surface area (Å²) < 4.78 is 12.0. The van der Waals surface area contributed by atoms with Crippen LogP contribution < -0.4 is 9.47 Å². The number of para-hydroxylation sites is 4. The maximum Gasteiger partial charge on any atom is 2.00 e. The van der Waals surface area contributed by atoms with Crippen molar-refractivity contribution in [2.75, 3.05) is 0 Å². The summed E-state index contributed by atoms with van der Waals surface area (Å²) in [5, 5.41) is 0. The van der Waals surface area contributed by atoms with E-state index in [4.69, 9.17) is 9.47 Å². The Hall–Kier alpha value is -3.86. The van der Waals surface area contributed by atoms with Crippen LogP contribution in [-0.4, -0.2) is 45.5 Å². The monoisotopic (exact) mass is 602 g/mol. The van der Waals surface area contributed by atoms with Gasteiger partial charge >= 0.3 is 45.5 Å². The molecule has 192 valence electrons. The average Bonchev–Trinajstić information content (AvgIpc) is 3.03. The Morgan fingerprint density at radius 3 is 0.829 bits per heavy atom. The predicted octanol–water partition coefficient (Wildman–Crippen LogP) is 9.24. The maximum atomic E-state index is 6.01. The molecule has 0 saturated carbocycles. The molecule has 3 heteroatoms. The number of benzene rings is 6. The molecule has 2 aliphatic rings. The van der Waals surface area contributed by atoms with Crippen molar-refractivity contribution in [2.45, 2.75) is 0 Å². The fourth-order valence-electron chi connectivity index (χ4n) is 5.41. The number of ether oxygens (including phenoxy) is 2. The minimum Gasteiger partial charge on any atom is -0.506 e. The Labute approximate surface area is 278 Å². The normalized spacial score (nSPS) is 12.0. The minimum atomic E-state index is 0. The molecular formula is C38H26O2Sr. The third-order valence-electron chi connectivity index (χ3n) is 7.19. The topological polar surface area (TPSA) is 18.5 Å². The van der Waals surface area contributed by atoms with Gasteiger partial charge in [0.25, 0.3) is 0 Å². The summed E-state index contributed by atoms with van der Waals surface area (Å²) in [5.41, 5.74) is 7.04. The second-order valence-corrected chi connectivity index (χ2v) is 9.67. The largest absolute Gasteiger partial charge is 2.00 e. The molecule has 0 amide bonds. The average molecular weight is 602 g/mol. The van der Waals surface area contributed by atoms with Gasteiger partial charge in [-0.2, -0.15) is 0 Å².